The molecule has 0 aliphatic rings. The fourth-order valence-corrected chi connectivity index (χ4v) is 2.06. The number of anilines is 1. The van der Waals surface area contributed by atoms with Gasteiger partial charge in [-0.15, -0.1) is 0 Å². The summed E-state index contributed by atoms with van der Waals surface area (Å²) in [7, 11) is 1.93. The zero-order valence-corrected chi connectivity index (χ0v) is 13.3. The minimum absolute atomic E-state index is 0.586. The Morgan fingerprint density at radius 3 is 2.62 bits per heavy atom. The van der Waals surface area contributed by atoms with Crippen molar-refractivity contribution in [3.63, 3.8) is 0 Å². The number of hydrogen-bond acceptors (Lipinski definition) is 3. The fraction of sp³-hybridized carbons (Fsp3) is 0.333. The topological polar surface area (TPSA) is 51.1 Å². The summed E-state index contributed by atoms with van der Waals surface area (Å²) in [5.41, 5.74) is 3.19. The molecule has 21 heavy (non-hydrogen) atoms. The van der Waals surface area contributed by atoms with Crippen molar-refractivity contribution in [1.82, 2.24) is 15.1 Å². The van der Waals surface area contributed by atoms with E-state index in [2.05, 4.69) is 15.7 Å². The maximum absolute atomic E-state index is 5.40. The lowest BCUT2D eigenvalue weighted by molar-refractivity contribution is 0.340. The number of aromatic nitrogens is 2. The quantitative estimate of drug-likeness (QED) is 0.832. The maximum Gasteiger partial charge on any atom is 0.171 e. The van der Waals surface area contributed by atoms with Crippen LogP contribution in [0.3, 0.4) is 0 Å². The summed E-state index contributed by atoms with van der Waals surface area (Å²) in [6.07, 6.45) is 1.85. The SMILES string of the molecule is CCOc1ccc(NC(=S)NCc2cnn(C)c2C)cc1. The highest BCUT2D eigenvalue weighted by Gasteiger charge is 2.04. The lowest BCUT2D eigenvalue weighted by atomic mass is 10.2. The summed E-state index contributed by atoms with van der Waals surface area (Å²) in [5, 5.41) is 11.1. The Balaban J connectivity index is 1.85. The number of aryl methyl sites for hydroxylation is 1. The van der Waals surface area contributed by atoms with Crippen molar-refractivity contribution in [2.45, 2.75) is 20.4 Å². The first kappa shape index (κ1) is 15.3. The minimum Gasteiger partial charge on any atom is -0.494 e. The van der Waals surface area contributed by atoms with Crippen LogP contribution in [0, 0.1) is 6.92 Å². The van der Waals surface area contributed by atoms with E-state index in [1.807, 2.05) is 56.0 Å². The van der Waals surface area contributed by atoms with E-state index < -0.39 is 0 Å². The van der Waals surface area contributed by atoms with Gasteiger partial charge in [0.1, 0.15) is 5.75 Å². The molecule has 1 aromatic heterocycles. The Labute approximate surface area is 130 Å². The predicted octanol–water partition coefficient (Wildman–Crippen LogP) is 2.61. The van der Waals surface area contributed by atoms with E-state index in [-0.39, 0.29) is 0 Å². The van der Waals surface area contributed by atoms with Crippen molar-refractivity contribution in [3.05, 3.63) is 41.7 Å². The summed E-state index contributed by atoms with van der Waals surface area (Å²) in [6, 6.07) is 7.71. The minimum atomic E-state index is 0.586. The van der Waals surface area contributed by atoms with Crippen LogP contribution in [0.25, 0.3) is 0 Å². The molecule has 0 atom stereocenters. The molecule has 0 saturated carbocycles. The third-order valence-electron chi connectivity index (χ3n) is 3.20. The third-order valence-corrected chi connectivity index (χ3v) is 3.45. The molecule has 0 radical (unpaired) electrons. The van der Waals surface area contributed by atoms with Crippen LogP contribution in [-0.4, -0.2) is 21.5 Å². The average molecular weight is 304 g/mol. The molecule has 0 saturated heterocycles. The van der Waals surface area contributed by atoms with Crippen LogP contribution in [0.2, 0.25) is 0 Å². The van der Waals surface area contributed by atoms with Crippen molar-refractivity contribution >= 4 is 23.0 Å². The standard InChI is InChI=1S/C15H20N4OS/c1-4-20-14-7-5-13(6-8-14)18-15(21)16-9-12-10-17-19(3)11(12)2/h5-8,10H,4,9H2,1-3H3,(H2,16,18,21). The normalized spacial score (nSPS) is 10.2. The van der Waals surface area contributed by atoms with Gasteiger partial charge >= 0.3 is 0 Å². The van der Waals surface area contributed by atoms with E-state index in [4.69, 9.17) is 17.0 Å². The van der Waals surface area contributed by atoms with Gasteiger partial charge in [-0.25, -0.2) is 0 Å². The molecule has 1 heterocycles. The van der Waals surface area contributed by atoms with Gasteiger partial charge in [-0.1, -0.05) is 0 Å². The van der Waals surface area contributed by atoms with Crippen molar-refractivity contribution in [2.75, 3.05) is 11.9 Å². The molecule has 0 unspecified atom stereocenters. The van der Waals surface area contributed by atoms with Crippen molar-refractivity contribution < 1.29 is 4.74 Å². The molecule has 0 aliphatic heterocycles. The van der Waals surface area contributed by atoms with Crippen molar-refractivity contribution in [1.29, 1.82) is 0 Å². The second-order valence-corrected chi connectivity index (χ2v) is 5.05. The van der Waals surface area contributed by atoms with Gasteiger partial charge in [0.05, 0.1) is 12.8 Å². The van der Waals surface area contributed by atoms with Gasteiger partial charge in [0, 0.05) is 30.5 Å². The summed E-state index contributed by atoms with van der Waals surface area (Å²) >= 11 is 5.29. The largest absolute Gasteiger partial charge is 0.494 e. The molecule has 5 nitrogen and oxygen atoms in total. The average Bonchev–Trinajstić information content (AvgIpc) is 2.79. The highest BCUT2D eigenvalue weighted by Crippen LogP contribution is 2.15. The van der Waals surface area contributed by atoms with Gasteiger partial charge < -0.3 is 15.4 Å². The first-order valence-electron chi connectivity index (χ1n) is 6.85. The smallest absolute Gasteiger partial charge is 0.171 e. The van der Waals surface area contributed by atoms with Crippen LogP contribution in [0.5, 0.6) is 5.75 Å². The second-order valence-electron chi connectivity index (χ2n) is 4.64. The molecule has 2 aromatic rings. The van der Waals surface area contributed by atoms with Crippen molar-refractivity contribution in [2.24, 2.45) is 7.05 Å². The first-order chi connectivity index (χ1) is 10.1. The number of nitrogens with one attached hydrogen (secondary N) is 2. The Hall–Kier alpha value is -2.08. The third kappa shape index (κ3) is 4.19. The second kappa shape index (κ2) is 7.08. The highest BCUT2D eigenvalue weighted by atomic mass is 32.1. The molecule has 0 spiro atoms. The monoisotopic (exact) mass is 304 g/mol. The number of rotatable bonds is 5. The summed E-state index contributed by atoms with van der Waals surface area (Å²) < 4.78 is 7.25. The van der Waals surface area contributed by atoms with Gasteiger partial charge in [0.15, 0.2) is 5.11 Å². The van der Waals surface area contributed by atoms with Gasteiger partial charge in [0.25, 0.3) is 0 Å². The van der Waals surface area contributed by atoms with Crippen LogP contribution >= 0.6 is 12.2 Å². The van der Waals surface area contributed by atoms with Gasteiger partial charge in [-0.2, -0.15) is 5.10 Å². The van der Waals surface area contributed by atoms with E-state index in [1.165, 1.54) is 0 Å². The number of nitrogens with zero attached hydrogens (tertiary/aromatic N) is 2. The Morgan fingerprint density at radius 2 is 2.05 bits per heavy atom. The zero-order chi connectivity index (χ0) is 15.2. The molecule has 0 amide bonds. The van der Waals surface area contributed by atoms with Gasteiger partial charge in [-0.05, 0) is 50.3 Å². The molecular weight excluding hydrogens is 284 g/mol. The van der Waals surface area contributed by atoms with Gasteiger partial charge in [-0.3, -0.25) is 4.68 Å². The molecule has 112 valence electrons. The van der Waals surface area contributed by atoms with E-state index in [9.17, 15) is 0 Å². The molecule has 2 N–H and O–H groups in total. The Bertz CT molecular complexity index is 607. The van der Waals surface area contributed by atoms with E-state index in [1.54, 1.807) is 0 Å². The Kier molecular flexibility index (Phi) is 5.16. The molecule has 0 fully saturated rings. The van der Waals surface area contributed by atoms with Crippen LogP contribution < -0.4 is 15.4 Å². The lowest BCUT2D eigenvalue weighted by Crippen LogP contribution is -2.28. The fourth-order valence-electron chi connectivity index (χ4n) is 1.87. The molecule has 0 aliphatic carbocycles. The molecule has 6 heteroatoms. The van der Waals surface area contributed by atoms with Crippen LogP contribution in [-0.2, 0) is 13.6 Å². The van der Waals surface area contributed by atoms with E-state index in [0.29, 0.717) is 18.3 Å². The molecule has 0 bridgehead atoms. The first-order valence-corrected chi connectivity index (χ1v) is 7.26. The maximum atomic E-state index is 5.40. The number of benzene rings is 1. The summed E-state index contributed by atoms with van der Waals surface area (Å²) in [5.74, 6) is 0.855. The molecular formula is C15H20N4OS. The number of ether oxygens (including phenoxy) is 1. The molecule has 1 aromatic carbocycles. The zero-order valence-electron chi connectivity index (χ0n) is 12.5. The summed E-state index contributed by atoms with van der Waals surface area (Å²) in [4.78, 5) is 0. The Morgan fingerprint density at radius 1 is 1.33 bits per heavy atom. The van der Waals surface area contributed by atoms with Crippen LogP contribution in [0.4, 0.5) is 5.69 Å². The molecule has 2 rings (SSSR count). The van der Waals surface area contributed by atoms with Crippen LogP contribution in [0.1, 0.15) is 18.2 Å². The predicted molar refractivity (Wildman–Crippen MR) is 88.6 cm³/mol. The van der Waals surface area contributed by atoms with E-state index >= 15 is 0 Å². The van der Waals surface area contributed by atoms with Crippen molar-refractivity contribution in [3.8, 4) is 5.75 Å². The van der Waals surface area contributed by atoms with E-state index in [0.717, 1.165) is 22.7 Å². The summed E-state index contributed by atoms with van der Waals surface area (Å²) in [6.45, 7) is 5.32. The van der Waals surface area contributed by atoms with Gasteiger partial charge in [0.2, 0.25) is 0 Å². The lowest BCUT2D eigenvalue weighted by Gasteiger charge is -2.11. The number of hydrogen-bond donors (Lipinski definition) is 2. The highest BCUT2D eigenvalue weighted by molar-refractivity contribution is 7.80. The number of thiocarbonyl (C=S) groups is 1. The van der Waals surface area contributed by atoms with Crippen LogP contribution in [0.15, 0.2) is 30.5 Å².